The maximum absolute atomic E-state index is 4.88. The topological polar surface area (TPSA) is 69.4 Å². The molecule has 1 aromatic carbocycles. The molecule has 0 saturated heterocycles. The van der Waals surface area contributed by atoms with Gasteiger partial charge >= 0.3 is 0 Å². The molecule has 0 aliphatic carbocycles. The van der Waals surface area contributed by atoms with Crippen LogP contribution in [0.3, 0.4) is 0 Å². The van der Waals surface area contributed by atoms with Crippen LogP contribution < -0.4 is 0 Å². The Morgan fingerprint density at radius 1 is 0.486 bits per heavy atom. The van der Waals surface area contributed by atoms with Crippen LogP contribution in [-0.2, 0) is 0 Å². The minimum Gasteiger partial charge on any atom is -0.309 e. The molecule has 0 amide bonds. The molecule has 0 aliphatic rings. The Morgan fingerprint density at radius 3 is 1.57 bits per heavy atom. The highest BCUT2D eigenvalue weighted by molar-refractivity contribution is 6.08. The SMILES string of the molecule is c1ccc(-c2cc(-c3ccc(-n4c5ccncc5c5cnccc54)cc3)cc(-c3ccccn3)n2)nc1. The third-order valence-electron chi connectivity index (χ3n) is 6.51. The molecule has 0 fully saturated rings. The van der Waals surface area contributed by atoms with E-state index >= 15 is 0 Å². The lowest BCUT2D eigenvalue weighted by molar-refractivity contribution is 1.17. The highest BCUT2D eigenvalue weighted by Gasteiger charge is 2.14. The van der Waals surface area contributed by atoms with Gasteiger partial charge in [-0.1, -0.05) is 24.3 Å². The Bertz CT molecular complexity index is 1750. The number of rotatable bonds is 4. The summed E-state index contributed by atoms with van der Waals surface area (Å²) in [7, 11) is 0. The predicted molar refractivity (Wildman–Crippen MR) is 146 cm³/mol. The van der Waals surface area contributed by atoms with Gasteiger partial charge in [-0.3, -0.25) is 19.9 Å². The molecular formula is C31H20N6. The average Bonchev–Trinajstić information content (AvgIpc) is 3.32. The largest absolute Gasteiger partial charge is 0.309 e. The molecule has 7 aromatic rings. The van der Waals surface area contributed by atoms with Crippen molar-refractivity contribution in [3.63, 3.8) is 0 Å². The molecule has 0 unspecified atom stereocenters. The first-order chi connectivity index (χ1) is 18.3. The molecule has 7 rings (SSSR count). The number of fused-ring (bicyclic) bond motifs is 3. The first-order valence-corrected chi connectivity index (χ1v) is 12.0. The molecule has 0 spiro atoms. The Kier molecular flexibility index (Phi) is 5.00. The second-order valence-corrected chi connectivity index (χ2v) is 8.72. The van der Waals surface area contributed by atoms with Crippen LogP contribution in [0, 0.1) is 0 Å². The highest BCUT2D eigenvalue weighted by atomic mass is 15.0. The standard InChI is InChI=1S/C31H20N6/c1-3-13-34-26(5-1)28-17-22(18-29(36-28)27-6-2-4-14-35-27)21-7-9-23(10-8-21)37-30-11-15-32-19-24(30)25-20-33-16-12-31(25)37/h1-20H. The van der Waals surface area contributed by atoms with E-state index in [1.807, 2.05) is 73.3 Å². The summed E-state index contributed by atoms with van der Waals surface area (Å²) in [6.07, 6.45) is 11.0. The Hall–Kier alpha value is -5.23. The van der Waals surface area contributed by atoms with Gasteiger partial charge in [0, 0.05) is 53.6 Å². The van der Waals surface area contributed by atoms with E-state index in [2.05, 4.69) is 60.9 Å². The number of benzene rings is 1. The first kappa shape index (κ1) is 21.1. The van der Waals surface area contributed by atoms with E-state index < -0.39 is 0 Å². The average molecular weight is 477 g/mol. The molecule has 6 nitrogen and oxygen atoms in total. The van der Waals surface area contributed by atoms with E-state index in [1.54, 1.807) is 12.4 Å². The predicted octanol–water partition coefficient (Wildman–Crippen LogP) is 6.76. The van der Waals surface area contributed by atoms with Gasteiger partial charge in [0.1, 0.15) is 0 Å². The summed E-state index contributed by atoms with van der Waals surface area (Å²) < 4.78 is 2.25. The minimum absolute atomic E-state index is 0.810. The summed E-state index contributed by atoms with van der Waals surface area (Å²) in [6.45, 7) is 0. The summed E-state index contributed by atoms with van der Waals surface area (Å²) in [6, 6.07) is 28.6. The first-order valence-electron chi connectivity index (χ1n) is 12.0. The van der Waals surface area contributed by atoms with Crippen LogP contribution in [0.1, 0.15) is 0 Å². The molecule has 0 saturated carbocycles. The van der Waals surface area contributed by atoms with Gasteiger partial charge < -0.3 is 4.57 Å². The third kappa shape index (κ3) is 3.72. The Morgan fingerprint density at radius 2 is 1.05 bits per heavy atom. The van der Waals surface area contributed by atoms with Crippen molar-refractivity contribution in [3.8, 4) is 39.6 Å². The zero-order valence-corrected chi connectivity index (χ0v) is 19.7. The molecule has 0 bridgehead atoms. The summed E-state index contributed by atoms with van der Waals surface area (Å²) in [5, 5.41) is 2.17. The monoisotopic (exact) mass is 476 g/mol. The number of nitrogens with zero attached hydrogens (tertiary/aromatic N) is 6. The van der Waals surface area contributed by atoms with Gasteiger partial charge in [-0.2, -0.15) is 0 Å². The van der Waals surface area contributed by atoms with Crippen molar-refractivity contribution >= 4 is 21.8 Å². The lowest BCUT2D eigenvalue weighted by atomic mass is 10.0. The second kappa shape index (κ2) is 8.77. The number of hydrogen-bond acceptors (Lipinski definition) is 5. The summed E-state index contributed by atoms with van der Waals surface area (Å²) in [4.78, 5) is 22.6. The van der Waals surface area contributed by atoms with Crippen molar-refractivity contribution in [3.05, 3.63) is 122 Å². The van der Waals surface area contributed by atoms with Gasteiger partial charge in [-0.15, -0.1) is 0 Å². The molecule has 37 heavy (non-hydrogen) atoms. The highest BCUT2D eigenvalue weighted by Crippen LogP contribution is 2.33. The molecule has 0 atom stereocenters. The van der Waals surface area contributed by atoms with Crippen molar-refractivity contribution in [2.75, 3.05) is 0 Å². The van der Waals surface area contributed by atoms with Crippen molar-refractivity contribution in [2.45, 2.75) is 0 Å². The Labute approximate surface area is 213 Å². The maximum atomic E-state index is 4.88. The number of pyridine rings is 5. The fourth-order valence-corrected chi connectivity index (χ4v) is 4.78. The van der Waals surface area contributed by atoms with Gasteiger partial charge in [0.15, 0.2) is 0 Å². The fraction of sp³-hybridized carbons (Fsp3) is 0. The van der Waals surface area contributed by atoms with Crippen LogP contribution in [0.15, 0.2) is 122 Å². The van der Waals surface area contributed by atoms with Crippen LogP contribution in [-0.4, -0.2) is 29.5 Å². The summed E-state index contributed by atoms with van der Waals surface area (Å²) in [5.41, 5.74) is 8.69. The van der Waals surface area contributed by atoms with Gasteiger partial charge in [0.2, 0.25) is 0 Å². The molecule has 6 heterocycles. The fourth-order valence-electron chi connectivity index (χ4n) is 4.78. The number of aromatic nitrogens is 6. The van der Waals surface area contributed by atoms with Crippen molar-refractivity contribution in [1.82, 2.24) is 29.5 Å². The molecule has 0 radical (unpaired) electrons. The third-order valence-corrected chi connectivity index (χ3v) is 6.51. The second-order valence-electron chi connectivity index (χ2n) is 8.72. The normalized spacial score (nSPS) is 11.2. The maximum Gasteiger partial charge on any atom is 0.0900 e. The van der Waals surface area contributed by atoms with Crippen molar-refractivity contribution < 1.29 is 0 Å². The van der Waals surface area contributed by atoms with Gasteiger partial charge in [-0.05, 0) is 71.8 Å². The molecule has 0 N–H and O–H groups in total. The van der Waals surface area contributed by atoms with Gasteiger partial charge in [-0.25, -0.2) is 4.98 Å². The number of hydrogen-bond donors (Lipinski definition) is 0. The van der Waals surface area contributed by atoms with E-state index in [4.69, 9.17) is 4.98 Å². The van der Waals surface area contributed by atoms with E-state index in [0.717, 1.165) is 61.4 Å². The zero-order chi connectivity index (χ0) is 24.6. The lowest BCUT2D eigenvalue weighted by Crippen LogP contribution is -1.95. The smallest absolute Gasteiger partial charge is 0.0900 e. The van der Waals surface area contributed by atoms with E-state index in [9.17, 15) is 0 Å². The van der Waals surface area contributed by atoms with Crippen LogP contribution >= 0.6 is 0 Å². The van der Waals surface area contributed by atoms with Gasteiger partial charge in [0.25, 0.3) is 0 Å². The molecular weight excluding hydrogens is 456 g/mol. The van der Waals surface area contributed by atoms with Crippen molar-refractivity contribution in [2.24, 2.45) is 0 Å². The quantitative estimate of drug-likeness (QED) is 0.281. The molecule has 0 aliphatic heterocycles. The van der Waals surface area contributed by atoms with Crippen LogP contribution in [0.4, 0.5) is 0 Å². The van der Waals surface area contributed by atoms with Gasteiger partial charge in [0.05, 0.1) is 33.8 Å². The molecule has 174 valence electrons. The summed E-state index contributed by atoms with van der Waals surface area (Å²) in [5.74, 6) is 0. The van der Waals surface area contributed by atoms with E-state index in [0.29, 0.717) is 0 Å². The molecule has 6 aromatic heterocycles. The minimum atomic E-state index is 0.810. The lowest BCUT2D eigenvalue weighted by Gasteiger charge is -2.11. The van der Waals surface area contributed by atoms with E-state index in [-0.39, 0.29) is 0 Å². The van der Waals surface area contributed by atoms with Crippen LogP contribution in [0.5, 0.6) is 0 Å². The van der Waals surface area contributed by atoms with Crippen molar-refractivity contribution in [1.29, 1.82) is 0 Å². The van der Waals surface area contributed by atoms with Crippen LogP contribution in [0.2, 0.25) is 0 Å². The van der Waals surface area contributed by atoms with Crippen LogP contribution in [0.25, 0.3) is 61.4 Å². The molecule has 6 heteroatoms. The zero-order valence-electron chi connectivity index (χ0n) is 19.7. The summed E-state index contributed by atoms with van der Waals surface area (Å²) >= 11 is 0. The van der Waals surface area contributed by atoms with E-state index in [1.165, 1.54) is 0 Å². The Balaban J connectivity index is 1.37.